The highest BCUT2D eigenvalue weighted by Crippen LogP contribution is 2.30. The van der Waals surface area contributed by atoms with Crippen LogP contribution in [0.1, 0.15) is 27.3 Å². The Morgan fingerprint density at radius 3 is 2.81 bits per heavy atom. The summed E-state index contributed by atoms with van der Waals surface area (Å²) in [6.07, 6.45) is 1.59. The second-order valence-electron chi connectivity index (χ2n) is 5.01. The average molecular weight is 295 g/mol. The number of rotatable bonds is 1. The largest absolute Gasteiger partial charge is 0.503 e. The highest BCUT2D eigenvalue weighted by Gasteiger charge is 2.46. The molecule has 1 fully saturated rings. The molecule has 0 spiro atoms. The summed E-state index contributed by atoms with van der Waals surface area (Å²) in [5.41, 5.74) is 4.05. The van der Waals surface area contributed by atoms with Crippen LogP contribution in [-0.2, 0) is 11.3 Å². The molecule has 0 saturated carbocycles. The molecule has 21 heavy (non-hydrogen) atoms. The lowest BCUT2D eigenvalue weighted by molar-refractivity contribution is -0.176. The number of aromatic carboxylic acids is 1. The number of carboxylic acids is 1. The number of aromatic nitrogens is 1. The Balaban J connectivity index is 2.22. The van der Waals surface area contributed by atoms with Crippen LogP contribution in [0.2, 0.25) is 0 Å². The van der Waals surface area contributed by atoms with Crippen molar-refractivity contribution in [3.63, 3.8) is 0 Å². The number of nitrogens with zero attached hydrogens (tertiary/aromatic N) is 2. The number of ether oxygens (including phenoxy) is 1. The van der Waals surface area contributed by atoms with Crippen LogP contribution in [0.15, 0.2) is 11.0 Å². The van der Waals surface area contributed by atoms with Crippen molar-refractivity contribution in [1.82, 2.24) is 9.47 Å². The first-order chi connectivity index (χ1) is 9.85. The fourth-order valence-corrected chi connectivity index (χ4v) is 2.67. The van der Waals surface area contributed by atoms with Crippen LogP contribution in [0.25, 0.3) is 0 Å². The minimum Gasteiger partial charge on any atom is -0.503 e. The molecule has 4 N–H and O–H groups in total. The molecule has 0 unspecified atom stereocenters. The molecule has 0 aromatic carbocycles. The zero-order valence-corrected chi connectivity index (χ0v) is 10.9. The lowest BCUT2D eigenvalue weighted by atomic mass is 10.1. The van der Waals surface area contributed by atoms with E-state index in [1.54, 1.807) is 0 Å². The van der Waals surface area contributed by atoms with Crippen LogP contribution < -0.4 is 11.2 Å². The molecule has 2 aliphatic heterocycles. The number of aromatic hydroxyl groups is 1. The maximum atomic E-state index is 12.4. The van der Waals surface area contributed by atoms with Gasteiger partial charge in [0.2, 0.25) is 11.3 Å². The van der Waals surface area contributed by atoms with Gasteiger partial charge in [0.15, 0.2) is 11.4 Å². The maximum absolute atomic E-state index is 12.4. The van der Waals surface area contributed by atoms with E-state index in [-0.39, 0.29) is 12.2 Å². The summed E-state index contributed by atoms with van der Waals surface area (Å²) in [5.74, 6) is -4.43. The number of hydrogen-bond donors (Lipinski definition) is 3. The van der Waals surface area contributed by atoms with Gasteiger partial charge in [0.25, 0.3) is 5.91 Å². The molecule has 3 rings (SSSR count). The summed E-state index contributed by atoms with van der Waals surface area (Å²) >= 11 is 0. The summed E-state index contributed by atoms with van der Waals surface area (Å²) < 4.78 is 6.58. The molecule has 1 saturated heterocycles. The van der Waals surface area contributed by atoms with E-state index in [0.29, 0.717) is 19.6 Å². The summed E-state index contributed by atoms with van der Waals surface area (Å²) in [6.45, 7) is 0.638. The van der Waals surface area contributed by atoms with Gasteiger partial charge in [-0.25, -0.2) is 4.79 Å². The number of carbonyl (C=O) groups is 2. The lowest BCUT2D eigenvalue weighted by Gasteiger charge is -2.47. The third-order valence-electron chi connectivity index (χ3n) is 3.67. The van der Waals surface area contributed by atoms with Crippen LogP contribution in [0.4, 0.5) is 0 Å². The van der Waals surface area contributed by atoms with Crippen molar-refractivity contribution >= 4 is 11.9 Å². The zero-order valence-electron chi connectivity index (χ0n) is 10.9. The molecular formula is C12H13N3O6. The van der Waals surface area contributed by atoms with Gasteiger partial charge < -0.3 is 19.5 Å². The van der Waals surface area contributed by atoms with Crippen molar-refractivity contribution in [2.24, 2.45) is 5.73 Å². The van der Waals surface area contributed by atoms with Gasteiger partial charge in [0.05, 0.1) is 13.2 Å². The SMILES string of the molecule is N[C@]12Cn3cc(C(=O)O)c(=O)c(O)c3C(=O)N1CCCO2. The quantitative estimate of drug-likeness (QED) is 0.588. The summed E-state index contributed by atoms with van der Waals surface area (Å²) in [7, 11) is 0. The third-order valence-corrected chi connectivity index (χ3v) is 3.67. The molecule has 1 aromatic heterocycles. The molecule has 9 heteroatoms. The number of amides is 1. The summed E-state index contributed by atoms with van der Waals surface area (Å²) in [6, 6.07) is 0. The molecule has 2 aliphatic rings. The Labute approximate surface area is 118 Å². The molecule has 0 bridgehead atoms. The van der Waals surface area contributed by atoms with Crippen LogP contribution >= 0.6 is 0 Å². The fourth-order valence-electron chi connectivity index (χ4n) is 2.67. The molecular weight excluding hydrogens is 282 g/mol. The minimum atomic E-state index is -1.49. The molecule has 1 aromatic rings. The van der Waals surface area contributed by atoms with E-state index in [2.05, 4.69) is 0 Å². The van der Waals surface area contributed by atoms with Crippen molar-refractivity contribution in [2.45, 2.75) is 18.8 Å². The van der Waals surface area contributed by atoms with E-state index in [4.69, 9.17) is 15.6 Å². The van der Waals surface area contributed by atoms with E-state index in [0.717, 1.165) is 10.8 Å². The van der Waals surface area contributed by atoms with Gasteiger partial charge in [0.1, 0.15) is 5.56 Å². The maximum Gasteiger partial charge on any atom is 0.341 e. The molecule has 3 heterocycles. The number of hydrogen-bond acceptors (Lipinski definition) is 6. The Hall–Kier alpha value is -2.39. The first-order valence-electron chi connectivity index (χ1n) is 6.29. The van der Waals surface area contributed by atoms with Crippen molar-refractivity contribution in [3.8, 4) is 5.75 Å². The first kappa shape index (κ1) is 13.6. The molecule has 0 radical (unpaired) electrons. The van der Waals surface area contributed by atoms with E-state index in [1.165, 1.54) is 4.90 Å². The van der Waals surface area contributed by atoms with Crippen molar-refractivity contribution in [2.75, 3.05) is 13.2 Å². The van der Waals surface area contributed by atoms with Gasteiger partial charge in [-0.3, -0.25) is 20.2 Å². The number of nitrogens with two attached hydrogens (primary N) is 1. The molecule has 1 atom stereocenters. The first-order valence-corrected chi connectivity index (χ1v) is 6.29. The lowest BCUT2D eigenvalue weighted by Crippen LogP contribution is -2.68. The van der Waals surface area contributed by atoms with E-state index in [9.17, 15) is 19.5 Å². The van der Waals surface area contributed by atoms with E-state index in [1.807, 2.05) is 0 Å². The molecule has 0 aliphatic carbocycles. The van der Waals surface area contributed by atoms with Crippen LogP contribution in [-0.4, -0.2) is 50.6 Å². The van der Waals surface area contributed by atoms with Gasteiger partial charge in [0, 0.05) is 12.7 Å². The highest BCUT2D eigenvalue weighted by molar-refractivity contribution is 5.97. The predicted octanol–water partition coefficient (Wildman–Crippen LogP) is -1.26. The standard InChI is InChI=1S/C12H13N3O6/c13-12-5-14-4-6(11(19)20)8(16)9(17)7(14)10(18)15(12)2-1-3-21-12/h4,17H,1-3,5,13H2,(H,19,20)/t12-/m1/s1. The number of carbonyl (C=O) groups excluding carboxylic acids is 1. The van der Waals surface area contributed by atoms with Gasteiger partial charge in [-0.2, -0.15) is 0 Å². The number of pyridine rings is 1. The minimum absolute atomic E-state index is 0.0673. The van der Waals surface area contributed by atoms with Crippen molar-refractivity contribution in [3.05, 3.63) is 27.7 Å². The van der Waals surface area contributed by atoms with Gasteiger partial charge in [-0.1, -0.05) is 0 Å². The number of carboxylic acid groups (broad SMARTS) is 1. The Morgan fingerprint density at radius 1 is 1.43 bits per heavy atom. The van der Waals surface area contributed by atoms with E-state index < -0.39 is 34.5 Å². The van der Waals surface area contributed by atoms with Crippen molar-refractivity contribution in [1.29, 1.82) is 0 Å². The predicted molar refractivity (Wildman–Crippen MR) is 67.9 cm³/mol. The van der Waals surface area contributed by atoms with Crippen LogP contribution in [0, 0.1) is 0 Å². The highest BCUT2D eigenvalue weighted by atomic mass is 16.5. The van der Waals surface area contributed by atoms with Crippen molar-refractivity contribution < 1.29 is 24.5 Å². The van der Waals surface area contributed by atoms with Crippen LogP contribution in [0.5, 0.6) is 5.75 Å². The molecule has 9 nitrogen and oxygen atoms in total. The summed E-state index contributed by atoms with van der Waals surface area (Å²) in [5, 5.41) is 18.9. The second kappa shape index (κ2) is 4.30. The van der Waals surface area contributed by atoms with Gasteiger partial charge in [-0.05, 0) is 6.42 Å². The second-order valence-corrected chi connectivity index (χ2v) is 5.01. The fraction of sp³-hybridized carbons (Fsp3) is 0.417. The zero-order chi connectivity index (χ0) is 15.4. The molecule has 1 amide bonds. The van der Waals surface area contributed by atoms with Gasteiger partial charge in [-0.15, -0.1) is 0 Å². The van der Waals surface area contributed by atoms with E-state index >= 15 is 0 Å². The van der Waals surface area contributed by atoms with Gasteiger partial charge >= 0.3 is 5.97 Å². The normalized spacial score (nSPS) is 24.4. The monoisotopic (exact) mass is 295 g/mol. The van der Waals surface area contributed by atoms with Crippen LogP contribution in [0.3, 0.4) is 0 Å². The Morgan fingerprint density at radius 2 is 2.14 bits per heavy atom. The average Bonchev–Trinajstić information content (AvgIpc) is 2.41. The molecule has 112 valence electrons. The number of fused-ring (bicyclic) bond motifs is 2. The summed E-state index contributed by atoms with van der Waals surface area (Å²) in [4.78, 5) is 36.5. The Bertz CT molecular complexity index is 712. The smallest absolute Gasteiger partial charge is 0.341 e. The topological polar surface area (TPSA) is 135 Å². The Kier molecular flexibility index (Phi) is 2.78. The third kappa shape index (κ3) is 1.82.